The van der Waals surface area contributed by atoms with Crippen molar-refractivity contribution in [2.24, 2.45) is 14.1 Å². The summed E-state index contributed by atoms with van der Waals surface area (Å²) in [6.07, 6.45) is 1.71. The van der Waals surface area contributed by atoms with Crippen molar-refractivity contribution in [3.05, 3.63) is 85.6 Å². The Balaban J connectivity index is 2.21. The Hall–Kier alpha value is -3.39. The molecule has 2 heterocycles. The molecular formula is C22H18BrN3O4. The fourth-order valence-electron chi connectivity index (χ4n) is 3.59. The number of hydrogen-bond acceptors (Lipinski definition) is 4. The molecular weight excluding hydrogens is 450 g/mol. The number of esters is 1. The molecule has 2 aromatic heterocycles. The molecule has 0 fully saturated rings. The van der Waals surface area contributed by atoms with Crippen LogP contribution in [0.1, 0.15) is 10.4 Å². The molecule has 4 rings (SSSR count). The zero-order chi connectivity index (χ0) is 21.6. The minimum atomic E-state index is -0.494. The minimum Gasteiger partial charge on any atom is -0.465 e. The Kier molecular flexibility index (Phi) is 4.95. The number of benzene rings is 2. The van der Waals surface area contributed by atoms with E-state index in [2.05, 4.69) is 15.9 Å². The van der Waals surface area contributed by atoms with Gasteiger partial charge in [0.15, 0.2) is 0 Å². The smallest absolute Gasteiger partial charge is 0.339 e. The molecule has 0 aliphatic rings. The topological polar surface area (TPSA) is 75.2 Å². The lowest BCUT2D eigenvalue weighted by Crippen LogP contribution is -2.36. The lowest BCUT2D eigenvalue weighted by Gasteiger charge is -2.13. The number of para-hydroxylation sites is 1. The number of fused-ring (bicyclic) bond motifs is 1. The van der Waals surface area contributed by atoms with Crippen LogP contribution >= 0.6 is 15.9 Å². The number of aromatic nitrogens is 3. The van der Waals surface area contributed by atoms with Crippen molar-refractivity contribution < 1.29 is 9.53 Å². The quantitative estimate of drug-likeness (QED) is 0.433. The van der Waals surface area contributed by atoms with E-state index in [9.17, 15) is 14.4 Å². The summed E-state index contributed by atoms with van der Waals surface area (Å²) < 4.78 is 10.1. The average molecular weight is 468 g/mol. The van der Waals surface area contributed by atoms with Gasteiger partial charge < -0.3 is 9.30 Å². The van der Waals surface area contributed by atoms with Gasteiger partial charge in [0.2, 0.25) is 0 Å². The maximum absolute atomic E-state index is 13.1. The molecule has 0 radical (unpaired) electrons. The van der Waals surface area contributed by atoms with Crippen molar-refractivity contribution >= 4 is 32.8 Å². The van der Waals surface area contributed by atoms with Gasteiger partial charge >= 0.3 is 11.7 Å². The van der Waals surface area contributed by atoms with Gasteiger partial charge in [0.25, 0.3) is 5.56 Å². The third kappa shape index (κ3) is 3.00. The van der Waals surface area contributed by atoms with Crippen molar-refractivity contribution in [1.29, 1.82) is 0 Å². The summed E-state index contributed by atoms with van der Waals surface area (Å²) in [7, 11) is 4.39. The molecule has 0 bridgehead atoms. The SMILES string of the molecule is COC(=O)c1ccccc1-n1cc2c(c1-c1ccc(Br)cc1)c(=O)n(C)c(=O)n2C. The minimum absolute atomic E-state index is 0.348. The van der Waals surface area contributed by atoms with Gasteiger partial charge in [-0.25, -0.2) is 9.59 Å². The van der Waals surface area contributed by atoms with E-state index in [1.807, 2.05) is 24.3 Å². The lowest BCUT2D eigenvalue weighted by atomic mass is 10.1. The molecule has 7 nitrogen and oxygen atoms in total. The van der Waals surface area contributed by atoms with E-state index in [0.29, 0.717) is 27.8 Å². The highest BCUT2D eigenvalue weighted by Gasteiger charge is 2.22. The van der Waals surface area contributed by atoms with Gasteiger partial charge in [-0.2, -0.15) is 0 Å². The number of nitrogens with zero attached hydrogens (tertiary/aromatic N) is 3. The summed E-state index contributed by atoms with van der Waals surface area (Å²) in [5.74, 6) is -0.494. The van der Waals surface area contributed by atoms with E-state index >= 15 is 0 Å². The van der Waals surface area contributed by atoms with Gasteiger partial charge in [0, 0.05) is 24.8 Å². The number of methoxy groups -OCH3 is 1. The maximum Gasteiger partial charge on any atom is 0.339 e. The van der Waals surface area contributed by atoms with Gasteiger partial charge in [0.1, 0.15) is 0 Å². The zero-order valence-electron chi connectivity index (χ0n) is 16.5. The Labute approximate surface area is 179 Å². The fraction of sp³-hybridized carbons (Fsp3) is 0.136. The molecule has 30 heavy (non-hydrogen) atoms. The van der Waals surface area contributed by atoms with E-state index < -0.39 is 17.2 Å². The third-order valence-electron chi connectivity index (χ3n) is 5.13. The number of halogens is 1. The van der Waals surface area contributed by atoms with Gasteiger partial charge in [0.05, 0.1) is 35.0 Å². The molecule has 0 aliphatic heterocycles. The van der Waals surface area contributed by atoms with Crippen molar-refractivity contribution in [2.75, 3.05) is 7.11 Å². The van der Waals surface area contributed by atoms with Crippen molar-refractivity contribution in [3.63, 3.8) is 0 Å². The molecule has 8 heteroatoms. The molecule has 0 N–H and O–H groups in total. The highest BCUT2D eigenvalue weighted by Crippen LogP contribution is 2.32. The lowest BCUT2D eigenvalue weighted by molar-refractivity contribution is 0.0601. The summed E-state index contributed by atoms with van der Waals surface area (Å²) in [5.41, 5.74) is 1.90. The number of rotatable bonds is 3. The average Bonchev–Trinajstić information content (AvgIpc) is 3.17. The monoisotopic (exact) mass is 467 g/mol. The molecule has 0 aliphatic carbocycles. The fourth-order valence-corrected chi connectivity index (χ4v) is 3.85. The normalized spacial score (nSPS) is 11.1. The Morgan fingerprint density at radius 3 is 2.30 bits per heavy atom. The molecule has 152 valence electrons. The third-order valence-corrected chi connectivity index (χ3v) is 5.65. The van der Waals surface area contributed by atoms with Crippen LogP contribution < -0.4 is 11.2 Å². The Morgan fingerprint density at radius 2 is 1.63 bits per heavy atom. The van der Waals surface area contributed by atoms with Gasteiger partial charge in [-0.05, 0) is 29.8 Å². The predicted molar refractivity (Wildman–Crippen MR) is 118 cm³/mol. The van der Waals surface area contributed by atoms with Crippen LogP contribution in [0, 0.1) is 0 Å². The molecule has 0 saturated carbocycles. The van der Waals surface area contributed by atoms with Crippen LogP contribution in [0.15, 0.2) is 68.8 Å². The summed E-state index contributed by atoms with van der Waals surface area (Å²) >= 11 is 3.43. The maximum atomic E-state index is 13.1. The summed E-state index contributed by atoms with van der Waals surface area (Å²) in [6, 6.07) is 14.5. The number of carbonyl (C=O) groups excluding carboxylic acids is 1. The van der Waals surface area contributed by atoms with E-state index in [4.69, 9.17) is 4.74 Å². The van der Waals surface area contributed by atoms with Crippen LogP contribution in [0.2, 0.25) is 0 Å². The molecule has 0 unspecified atom stereocenters. The van der Waals surface area contributed by atoms with Gasteiger partial charge in [-0.15, -0.1) is 0 Å². The zero-order valence-corrected chi connectivity index (χ0v) is 18.1. The summed E-state index contributed by atoms with van der Waals surface area (Å²) in [4.78, 5) is 38.0. The molecule has 2 aromatic carbocycles. The van der Waals surface area contributed by atoms with Gasteiger partial charge in [-0.1, -0.05) is 40.2 Å². The number of ether oxygens (including phenoxy) is 1. The highest BCUT2D eigenvalue weighted by molar-refractivity contribution is 9.10. The summed E-state index contributed by atoms with van der Waals surface area (Å²) in [5, 5.41) is 0.390. The van der Waals surface area contributed by atoms with Crippen LogP contribution in [0.4, 0.5) is 0 Å². The van der Waals surface area contributed by atoms with Crippen LogP contribution in [0.25, 0.3) is 27.8 Å². The molecule has 4 aromatic rings. The van der Waals surface area contributed by atoms with Crippen LogP contribution in [0.3, 0.4) is 0 Å². The van der Waals surface area contributed by atoms with E-state index in [-0.39, 0.29) is 0 Å². The molecule has 0 atom stereocenters. The van der Waals surface area contributed by atoms with Crippen LogP contribution in [0.5, 0.6) is 0 Å². The second-order valence-corrected chi connectivity index (χ2v) is 7.75. The summed E-state index contributed by atoms with van der Waals surface area (Å²) in [6.45, 7) is 0. The van der Waals surface area contributed by atoms with Gasteiger partial charge in [-0.3, -0.25) is 13.9 Å². The Bertz CT molecular complexity index is 1410. The first kappa shape index (κ1) is 19.9. The first-order valence-corrected chi connectivity index (χ1v) is 9.89. The predicted octanol–water partition coefficient (Wildman–Crippen LogP) is 3.24. The first-order chi connectivity index (χ1) is 14.3. The second kappa shape index (κ2) is 7.46. The van der Waals surface area contributed by atoms with E-state index in [1.165, 1.54) is 18.7 Å². The standard InChI is InChI=1S/C22H18BrN3O4/c1-24-17-12-26(16-7-5-4-6-15(16)21(28)30-3)19(13-8-10-14(23)11-9-13)18(17)20(27)25(2)22(24)29/h4-12H,1-3H3. The molecule has 0 amide bonds. The largest absolute Gasteiger partial charge is 0.465 e. The second-order valence-electron chi connectivity index (χ2n) is 6.83. The van der Waals surface area contributed by atoms with Crippen molar-refractivity contribution in [1.82, 2.24) is 13.7 Å². The van der Waals surface area contributed by atoms with E-state index in [0.717, 1.165) is 14.6 Å². The number of hydrogen-bond donors (Lipinski definition) is 0. The molecule has 0 spiro atoms. The van der Waals surface area contributed by atoms with Crippen LogP contribution in [-0.4, -0.2) is 26.8 Å². The molecule has 0 saturated heterocycles. The van der Waals surface area contributed by atoms with E-state index in [1.54, 1.807) is 42.1 Å². The van der Waals surface area contributed by atoms with Crippen molar-refractivity contribution in [3.8, 4) is 16.9 Å². The van der Waals surface area contributed by atoms with Crippen molar-refractivity contribution in [2.45, 2.75) is 0 Å². The number of carbonyl (C=O) groups is 1. The van der Waals surface area contributed by atoms with Crippen LogP contribution in [-0.2, 0) is 18.8 Å². The highest BCUT2D eigenvalue weighted by atomic mass is 79.9. The number of aryl methyl sites for hydroxylation is 1. The Morgan fingerprint density at radius 1 is 0.967 bits per heavy atom. The first-order valence-electron chi connectivity index (χ1n) is 9.10.